The summed E-state index contributed by atoms with van der Waals surface area (Å²) in [5, 5.41) is 6.00. The first-order valence-electron chi connectivity index (χ1n) is 12.7. The average Bonchev–Trinajstić information content (AvgIpc) is 3.54. The van der Waals surface area contributed by atoms with Gasteiger partial charge in [-0.1, -0.05) is 0 Å². The minimum atomic E-state index is -0.551. The van der Waals surface area contributed by atoms with Gasteiger partial charge in [-0.2, -0.15) is 5.10 Å². The van der Waals surface area contributed by atoms with Gasteiger partial charge in [0.05, 0.1) is 12.3 Å². The Bertz CT molecular complexity index is 1270. The minimum absolute atomic E-state index is 0.0465. The molecule has 1 fully saturated rings. The Hall–Kier alpha value is -2.52. The standard InChI is InChI=1S/C27H39N5O3S/c1-26(2,3)35-25(33)30-11-8-27(18-30)9-12-32-23(27)16-22(29-32)21-15-20-7-10-31(24(20)28-17-21)19-34-13-14-36(4,5)6/h7,10,15-17H,8-9,11-14,18-19H2,1-6H3. The van der Waals surface area contributed by atoms with E-state index >= 15 is 0 Å². The maximum absolute atomic E-state index is 12.7. The number of hydrogen-bond donors (Lipinski definition) is 0. The number of ether oxygens (including phenoxy) is 2. The van der Waals surface area contributed by atoms with Crippen LogP contribution in [0.5, 0.6) is 0 Å². The third-order valence-electron chi connectivity index (χ3n) is 7.10. The average molecular weight is 514 g/mol. The van der Waals surface area contributed by atoms with E-state index in [1.165, 1.54) is 5.69 Å². The zero-order chi connectivity index (χ0) is 25.7. The SMILES string of the molecule is CC(C)(C)OC(=O)N1CCC2(CCn3nc(-c4cnc5c(ccn5COCCS(C)(C)C)c4)cc32)C1. The summed E-state index contributed by atoms with van der Waals surface area (Å²) >= 11 is 0. The molecule has 36 heavy (non-hydrogen) atoms. The van der Waals surface area contributed by atoms with Crippen molar-refractivity contribution in [3.63, 3.8) is 0 Å². The summed E-state index contributed by atoms with van der Waals surface area (Å²) < 4.78 is 15.7. The zero-order valence-electron chi connectivity index (χ0n) is 22.4. The predicted octanol–water partition coefficient (Wildman–Crippen LogP) is 4.85. The first-order valence-corrected chi connectivity index (χ1v) is 15.7. The smallest absolute Gasteiger partial charge is 0.410 e. The molecular formula is C27H39N5O3S. The lowest BCUT2D eigenvalue weighted by Gasteiger charge is -2.26. The highest BCUT2D eigenvalue weighted by molar-refractivity contribution is 8.32. The van der Waals surface area contributed by atoms with Crippen molar-refractivity contribution in [2.75, 3.05) is 44.2 Å². The number of hydrogen-bond acceptors (Lipinski definition) is 5. The Morgan fingerprint density at radius 2 is 1.94 bits per heavy atom. The summed E-state index contributed by atoms with van der Waals surface area (Å²) in [6, 6.07) is 6.44. The molecule has 0 radical (unpaired) electrons. The van der Waals surface area contributed by atoms with Crippen molar-refractivity contribution < 1.29 is 14.3 Å². The molecule has 1 amide bonds. The molecule has 5 rings (SSSR count). The fourth-order valence-corrected chi connectivity index (χ4v) is 5.78. The van der Waals surface area contributed by atoms with Crippen molar-refractivity contribution in [3.8, 4) is 11.3 Å². The third-order valence-corrected chi connectivity index (χ3v) is 8.49. The molecule has 0 aromatic carbocycles. The van der Waals surface area contributed by atoms with Crippen LogP contribution in [0.3, 0.4) is 0 Å². The molecule has 3 aromatic rings. The summed E-state index contributed by atoms with van der Waals surface area (Å²) in [6.07, 6.45) is 12.6. The number of amides is 1. The Morgan fingerprint density at radius 3 is 2.69 bits per heavy atom. The maximum Gasteiger partial charge on any atom is 0.410 e. The number of likely N-dealkylation sites (tertiary alicyclic amines) is 1. The largest absolute Gasteiger partial charge is 0.444 e. The molecule has 8 nitrogen and oxygen atoms in total. The third kappa shape index (κ3) is 5.13. The molecule has 0 N–H and O–H groups in total. The van der Waals surface area contributed by atoms with Crippen LogP contribution in [-0.4, -0.2) is 80.1 Å². The lowest BCUT2D eigenvalue weighted by Crippen LogP contribution is -2.37. The quantitative estimate of drug-likeness (QED) is 0.441. The van der Waals surface area contributed by atoms with Crippen LogP contribution in [0.2, 0.25) is 0 Å². The number of rotatable bonds is 6. The number of pyridine rings is 1. The molecule has 2 aliphatic rings. The van der Waals surface area contributed by atoms with Gasteiger partial charge in [0.15, 0.2) is 0 Å². The number of aromatic nitrogens is 4. The molecular weight excluding hydrogens is 474 g/mol. The van der Waals surface area contributed by atoms with Crippen LogP contribution in [0.4, 0.5) is 4.79 Å². The molecule has 1 atom stereocenters. The minimum Gasteiger partial charge on any atom is -0.444 e. The number of carbonyl (C=O) groups excluding carboxylic acids is 1. The topological polar surface area (TPSA) is 74.4 Å². The summed E-state index contributed by atoms with van der Waals surface area (Å²) in [5.41, 5.74) is 3.56. The van der Waals surface area contributed by atoms with Crippen LogP contribution in [-0.2, 0) is 28.2 Å². The highest BCUT2D eigenvalue weighted by Gasteiger charge is 2.47. The van der Waals surface area contributed by atoms with Crippen molar-refractivity contribution >= 4 is 27.2 Å². The molecule has 2 aliphatic heterocycles. The van der Waals surface area contributed by atoms with Gasteiger partial charge in [0, 0.05) is 59.8 Å². The van der Waals surface area contributed by atoms with Crippen LogP contribution in [0.25, 0.3) is 22.3 Å². The first-order chi connectivity index (χ1) is 16.9. The van der Waals surface area contributed by atoms with Crippen molar-refractivity contribution in [1.82, 2.24) is 24.2 Å². The molecule has 0 saturated carbocycles. The van der Waals surface area contributed by atoms with Crippen molar-refractivity contribution in [2.24, 2.45) is 0 Å². The predicted molar refractivity (Wildman–Crippen MR) is 146 cm³/mol. The molecule has 3 aromatic heterocycles. The van der Waals surface area contributed by atoms with Gasteiger partial charge in [-0.05, 0) is 70.6 Å². The molecule has 0 aliphatic carbocycles. The van der Waals surface area contributed by atoms with Crippen molar-refractivity contribution in [1.29, 1.82) is 0 Å². The van der Waals surface area contributed by atoms with E-state index in [4.69, 9.17) is 19.6 Å². The highest BCUT2D eigenvalue weighted by atomic mass is 32.3. The highest BCUT2D eigenvalue weighted by Crippen LogP contribution is 2.44. The van der Waals surface area contributed by atoms with Gasteiger partial charge in [-0.15, -0.1) is 0 Å². The summed E-state index contributed by atoms with van der Waals surface area (Å²) in [7, 11) is -0.551. The normalized spacial score (nSPS) is 20.4. The summed E-state index contributed by atoms with van der Waals surface area (Å²) in [4.78, 5) is 19.3. The van der Waals surface area contributed by atoms with Crippen LogP contribution >= 0.6 is 10.0 Å². The van der Waals surface area contributed by atoms with Gasteiger partial charge in [-0.25, -0.2) is 19.8 Å². The van der Waals surface area contributed by atoms with E-state index in [2.05, 4.69) is 46.2 Å². The lowest BCUT2D eigenvalue weighted by atomic mass is 9.82. The van der Waals surface area contributed by atoms with E-state index in [1.807, 2.05) is 38.1 Å². The zero-order valence-corrected chi connectivity index (χ0v) is 23.2. The first kappa shape index (κ1) is 25.1. The molecule has 1 unspecified atom stereocenters. The van der Waals surface area contributed by atoms with Gasteiger partial charge in [0.2, 0.25) is 0 Å². The molecule has 0 bridgehead atoms. The van der Waals surface area contributed by atoms with Crippen molar-refractivity contribution in [3.05, 3.63) is 36.3 Å². The molecule has 1 saturated heterocycles. The molecule has 196 valence electrons. The van der Waals surface area contributed by atoms with E-state index in [1.54, 1.807) is 0 Å². The van der Waals surface area contributed by atoms with E-state index in [9.17, 15) is 4.79 Å². The Labute approximate surface area is 215 Å². The summed E-state index contributed by atoms with van der Waals surface area (Å²) in [6.45, 7) is 9.29. The maximum atomic E-state index is 12.7. The van der Waals surface area contributed by atoms with Gasteiger partial charge in [-0.3, -0.25) is 4.68 Å². The fourth-order valence-electron chi connectivity index (χ4n) is 5.17. The van der Waals surface area contributed by atoms with E-state index in [0.29, 0.717) is 13.3 Å². The van der Waals surface area contributed by atoms with Gasteiger partial charge in [0.1, 0.15) is 18.0 Å². The van der Waals surface area contributed by atoms with E-state index < -0.39 is 15.6 Å². The Kier molecular flexibility index (Phi) is 6.35. The van der Waals surface area contributed by atoms with Gasteiger partial charge < -0.3 is 18.9 Å². The number of nitrogens with zero attached hydrogens (tertiary/aromatic N) is 5. The molecule has 1 spiro atoms. The molecule has 9 heteroatoms. The lowest BCUT2D eigenvalue weighted by molar-refractivity contribution is 0.0284. The second kappa shape index (κ2) is 9.10. The number of aryl methyl sites for hydroxylation is 1. The van der Waals surface area contributed by atoms with E-state index in [0.717, 1.165) is 60.6 Å². The van der Waals surface area contributed by atoms with Gasteiger partial charge in [0.25, 0.3) is 0 Å². The van der Waals surface area contributed by atoms with Gasteiger partial charge >= 0.3 is 6.09 Å². The monoisotopic (exact) mass is 513 g/mol. The second-order valence-corrected chi connectivity index (χ2v) is 16.7. The Balaban J connectivity index is 1.30. The van der Waals surface area contributed by atoms with Crippen LogP contribution < -0.4 is 0 Å². The van der Waals surface area contributed by atoms with E-state index in [-0.39, 0.29) is 11.5 Å². The second-order valence-electron chi connectivity index (χ2n) is 12.1. The fraction of sp³-hybridized carbons (Fsp3) is 0.593. The van der Waals surface area contributed by atoms with Crippen molar-refractivity contribution in [2.45, 2.75) is 57.9 Å². The summed E-state index contributed by atoms with van der Waals surface area (Å²) in [5.74, 6) is 1.10. The number of carbonyl (C=O) groups is 1. The van der Waals surface area contributed by atoms with Crippen LogP contribution in [0, 0.1) is 0 Å². The van der Waals surface area contributed by atoms with Crippen LogP contribution in [0.1, 0.15) is 39.3 Å². The Morgan fingerprint density at radius 1 is 1.17 bits per heavy atom. The number of fused-ring (bicyclic) bond motifs is 3. The molecule has 5 heterocycles. The van der Waals surface area contributed by atoms with Crippen LogP contribution in [0.15, 0.2) is 30.6 Å².